The average molecular weight is 410 g/mol. The van der Waals surface area contributed by atoms with Crippen LogP contribution in [0.4, 0.5) is 4.39 Å². The van der Waals surface area contributed by atoms with Gasteiger partial charge in [0.2, 0.25) is 0 Å². The fourth-order valence-corrected chi connectivity index (χ4v) is 4.32. The maximum absolute atomic E-state index is 14.0. The van der Waals surface area contributed by atoms with Crippen molar-refractivity contribution >= 4 is 0 Å². The van der Waals surface area contributed by atoms with E-state index in [0.717, 1.165) is 49.4 Å². The van der Waals surface area contributed by atoms with E-state index in [1.54, 1.807) is 23.0 Å². The van der Waals surface area contributed by atoms with Gasteiger partial charge in [0.05, 0.1) is 18.9 Å². The SMILES string of the molecule is OC[C@]1(CCOc2ccccc2)CCCN(Cc2cc(F)ccc2-n2cccn2)C1. The van der Waals surface area contributed by atoms with Crippen LogP contribution >= 0.6 is 0 Å². The molecule has 158 valence electrons. The summed E-state index contributed by atoms with van der Waals surface area (Å²) in [7, 11) is 0. The quantitative estimate of drug-likeness (QED) is 0.610. The molecule has 0 bridgehead atoms. The second kappa shape index (κ2) is 9.41. The monoisotopic (exact) mass is 409 g/mol. The summed E-state index contributed by atoms with van der Waals surface area (Å²) in [5.41, 5.74) is 1.58. The van der Waals surface area contributed by atoms with Crippen molar-refractivity contribution in [2.75, 3.05) is 26.3 Å². The van der Waals surface area contributed by atoms with E-state index in [4.69, 9.17) is 4.74 Å². The molecule has 0 saturated carbocycles. The summed E-state index contributed by atoms with van der Waals surface area (Å²) in [6, 6.07) is 16.4. The molecule has 5 nitrogen and oxygen atoms in total. The van der Waals surface area contributed by atoms with E-state index >= 15 is 0 Å². The molecule has 4 rings (SSSR count). The van der Waals surface area contributed by atoms with Crippen molar-refractivity contribution in [3.8, 4) is 11.4 Å². The molecule has 0 unspecified atom stereocenters. The number of piperidine rings is 1. The third-order valence-electron chi connectivity index (χ3n) is 5.91. The summed E-state index contributed by atoms with van der Waals surface area (Å²) in [4.78, 5) is 2.31. The van der Waals surface area contributed by atoms with Crippen molar-refractivity contribution < 1.29 is 14.2 Å². The number of benzene rings is 2. The van der Waals surface area contributed by atoms with Crippen LogP contribution in [-0.4, -0.2) is 46.1 Å². The van der Waals surface area contributed by atoms with Gasteiger partial charge >= 0.3 is 0 Å². The van der Waals surface area contributed by atoms with Crippen molar-refractivity contribution in [2.24, 2.45) is 5.41 Å². The first-order chi connectivity index (χ1) is 14.7. The van der Waals surface area contributed by atoms with Crippen molar-refractivity contribution in [2.45, 2.75) is 25.8 Å². The number of halogens is 1. The molecule has 0 radical (unpaired) electrons. The molecule has 0 spiro atoms. The van der Waals surface area contributed by atoms with Crippen molar-refractivity contribution in [3.63, 3.8) is 0 Å². The number of ether oxygens (including phenoxy) is 1. The van der Waals surface area contributed by atoms with Crippen molar-refractivity contribution in [3.05, 3.63) is 78.4 Å². The highest BCUT2D eigenvalue weighted by Crippen LogP contribution is 2.34. The molecule has 1 aromatic heterocycles. The minimum atomic E-state index is -0.248. The third kappa shape index (κ3) is 4.89. The Bertz CT molecular complexity index is 933. The summed E-state index contributed by atoms with van der Waals surface area (Å²) < 4.78 is 21.6. The summed E-state index contributed by atoms with van der Waals surface area (Å²) in [6.45, 7) is 3.00. The van der Waals surface area contributed by atoms with Crippen LogP contribution in [-0.2, 0) is 6.54 Å². The Morgan fingerprint density at radius 2 is 2.00 bits per heavy atom. The van der Waals surface area contributed by atoms with E-state index in [1.165, 1.54) is 6.07 Å². The van der Waals surface area contributed by atoms with Crippen molar-refractivity contribution in [1.29, 1.82) is 0 Å². The molecule has 1 saturated heterocycles. The van der Waals surface area contributed by atoms with Crippen LogP contribution in [0.15, 0.2) is 67.0 Å². The highest BCUT2D eigenvalue weighted by Gasteiger charge is 2.35. The standard InChI is InChI=1S/C24H28FN3O2/c25-21-8-9-23(28-14-5-12-26-28)20(16-21)17-27-13-4-10-24(18-27,19-29)11-15-30-22-6-2-1-3-7-22/h1-3,5-9,12,14,16,29H,4,10-11,13,15,17-19H2/t24-/m0/s1. The van der Waals surface area contributed by atoms with E-state index in [-0.39, 0.29) is 17.8 Å². The van der Waals surface area contributed by atoms with Crippen LogP contribution in [0.5, 0.6) is 5.75 Å². The summed E-state index contributed by atoms with van der Waals surface area (Å²) in [5, 5.41) is 14.5. The van der Waals surface area contributed by atoms with Gasteiger partial charge in [0.1, 0.15) is 11.6 Å². The van der Waals surface area contributed by atoms with Gasteiger partial charge in [-0.25, -0.2) is 9.07 Å². The van der Waals surface area contributed by atoms with Gasteiger partial charge in [-0.3, -0.25) is 4.90 Å². The summed E-state index contributed by atoms with van der Waals surface area (Å²) >= 11 is 0. The van der Waals surface area contributed by atoms with Crippen LogP contribution in [0.2, 0.25) is 0 Å². The number of aliphatic hydroxyl groups is 1. The highest BCUT2D eigenvalue weighted by atomic mass is 19.1. The maximum Gasteiger partial charge on any atom is 0.123 e. The lowest BCUT2D eigenvalue weighted by atomic mass is 9.78. The lowest BCUT2D eigenvalue weighted by Crippen LogP contribution is -2.45. The molecule has 1 fully saturated rings. The Morgan fingerprint density at radius 3 is 2.77 bits per heavy atom. The third-order valence-corrected chi connectivity index (χ3v) is 5.91. The van der Waals surface area contributed by atoms with E-state index in [9.17, 15) is 9.50 Å². The number of hydrogen-bond acceptors (Lipinski definition) is 4. The summed E-state index contributed by atoms with van der Waals surface area (Å²) in [6.07, 6.45) is 6.33. The Kier molecular flexibility index (Phi) is 6.45. The van der Waals surface area contributed by atoms with Gasteiger partial charge < -0.3 is 9.84 Å². The molecule has 2 aromatic carbocycles. The topological polar surface area (TPSA) is 50.5 Å². The molecule has 1 atom stereocenters. The molecule has 1 N–H and O–H groups in total. The normalized spacial score (nSPS) is 19.7. The molecular weight excluding hydrogens is 381 g/mol. The molecule has 1 aliphatic heterocycles. The van der Waals surface area contributed by atoms with E-state index in [2.05, 4.69) is 10.00 Å². The molecule has 0 amide bonds. The first-order valence-electron chi connectivity index (χ1n) is 10.5. The number of likely N-dealkylation sites (tertiary alicyclic amines) is 1. The van der Waals surface area contributed by atoms with E-state index in [1.807, 2.05) is 42.6 Å². The van der Waals surface area contributed by atoms with E-state index in [0.29, 0.717) is 13.2 Å². The zero-order valence-corrected chi connectivity index (χ0v) is 17.1. The van der Waals surface area contributed by atoms with Crippen LogP contribution in [0.25, 0.3) is 5.69 Å². The zero-order valence-electron chi connectivity index (χ0n) is 17.1. The number of rotatable bonds is 8. The Labute approximate surface area is 176 Å². The Balaban J connectivity index is 1.44. The first kappa shape index (κ1) is 20.6. The Morgan fingerprint density at radius 1 is 1.13 bits per heavy atom. The van der Waals surface area contributed by atoms with Crippen LogP contribution in [0.3, 0.4) is 0 Å². The largest absolute Gasteiger partial charge is 0.494 e. The van der Waals surface area contributed by atoms with Gasteiger partial charge in [0, 0.05) is 30.9 Å². The zero-order chi connectivity index (χ0) is 20.8. The summed E-state index contributed by atoms with van der Waals surface area (Å²) in [5.74, 6) is 0.601. The van der Waals surface area contributed by atoms with Gasteiger partial charge in [0.25, 0.3) is 0 Å². The average Bonchev–Trinajstić information content (AvgIpc) is 3.29. The number of hydrogen-bond donors (Lipinski definition) is 1. The van der Waals surface area contributed by atoms with Crippen molar-refractivity contribution in [1.82, 2.24) is 14.7 Å². The van der Waals surface area contributed by atoms with Gasteiger partial charge in [-0.1, -0.05) is 18.2 Å². The fraction of sp³-hybridized carbons (Fsp3) is 0.375. The predicted octanol–water partition coefficient (Wildman–Crippen LogP) is 4.06. The second-order valence-electron chi connectivity index (χ2n) is 8.11. The van der Waals surface area contributed by atoms with E-state index < -0.39 is 0 Å². The first-order valence-corrected chi connectivity index (χ1v) is 10.5. The van der Waals surface area contributed by atoms with Crippen LogP contribution < -0.4 is 4.74 Å². The maximum atomic E-state index is 14.0. The molecular formula is C24H28FN3O2. The molecule has 3 aromatic rings. The molecule has 1 aliphatic rings. The molecule has 0 aliphatic carbocycles. The van der Waals surface area contributed by atoms with Crippen LogP contribution in [0, 0.1) is 11.2 Å². The van der Waals surface area contributed by atoms with Gasteiger partial charge in [0.15, 0.2) is 0 Å². The lowest BCUT2D eigenvalue weighted by molar-refractivity contribution is 0.0128. The Hall–Kier alpha value is -2.70. The van der Waals surface area contributed by atoms with Crippen LogP contribution in [0.1, 0.15) is 24.8 Å². The molecule has 2 heterocycles. The minimum Gasteiger partial charge on any atom is -0.494 e. The smallest absolute Gasteiger partial charge is 0.123 e. The number of aliphatic hydroxyl groups excluding tert-OH is 1. The van der Waals surface area contributed by atoms with Gasteiger partial charge in [-0.05, 0) is 67.8 Å². The van der Waals surface area contributed by atoms with Gasteiger partial charge in [-0.15, -0.1) is 0 Å². The highest BCUT2D eigenvalue weighted by molar-refractivity contribution is 5.40. The second-order valence-corrected chi connectivity index (χ2v) is 8.11. The number of aromatic nitrogens is 2. The fourth-order valence-electron chi connectivity index (χ4n) is 4.32. The minimum absolute atomic E-state index is 0.122. The predicted molar refractivity (Wildman–Crippen MR) is 114 cm³/mol. The number of para-hydroxylation sites is 1. The lowest BCUT2D eigenvalue weighted by Gasteiger charge is -2.42. The molecule has 6 heteroatoms. The molecule has 30 heavy (non-hydrogen) atoms. The van der Waals surface area contributed by atoms with Gasteiger partial charge in [-0.2, -0.15) is 5.10 Å². The number of nitrogens with zero attached hydrogens (tertiary/aromatic N) is 3.